The predicted molar refractivity (Wildman–Crippen MR) is 137 cm³/mol. The number of ether oxygens (including phenoxy) is 3. The smallest absolute Gasteiger partial charge is 0.211 e. The van der Waals surface area contributed by atoms with Gasteiger partial charge in [-0.25, -0.2) is 8.42 Å². The highest BCUT2D eigenvalue weighted by atomic mass is 32.2. The second-order valence-electron chi connectivity index (χ2n) is 8.36. The molecule has 9 nitrogen and oxygen atoms in total. The van der Waals surface area contributed by atoms with E-state index in [0.29, 0.717) is 28.5 Å². The van der Waals surface area contributed by atoms with Crippen LogP contribution in [-0.4, -0.2) is 53.7 Å². The lowest BCUT2D eigenvalue weighted by molar-refractivity contribution is 0.324. The van der Waals surface area contributed by atoms with E-state index in [1.165, 1.54) is 33.6 Å². The maximum absolute atomic E-state index is 13.7. The summed E-state index contributed by atoms with van der Waals surface area (Å²) >= 11 is 0. The first-order valence-corrected chi connectivity index (χ1v) is 12.4. The predicted octanol–water partition coefficient (Wildman–Crippen LogP) is 4.07. The van der Waals surface area contributed by atoms with Crippen LogP contribution in [0.2, 0.25) is 0 Å². The molecule has 1 aromatic heterocycles. The van der Waals surface area contributed by atoms with E-state index in [9.17, 15) is 13.7 Å². The molecule has 0 unspecified atom stereocenters. The number of fused-ring (bicyclic) bond motifs is 1. The summed E-state index contributed by atoms with van der Waals surface area (Å²) in [5, 5.41) is 12.8. The highest BCUT2D eigenvalue weighted by Crippen LogP contribution is 2.45. The lowest BCUT2D eigenvalue weighted by Crippen LogP contribution is -2.10. The number of benzene rings is 2. The monoisotopic (exact) mass is 506 g/mol. The first-order chi connectivity index (χ1) is 17.2. The van der Waals surface area contributed by atoms with Crippen molar-refractivity contribution < 1.29 is 22.6 Å². The Bertz CT molecular complexity index is 1460. The molecule has 186 valence electrons. The molecule has 0 atom stereocenters. The normalized spacial score (nSPS) is 13.5. The molecule has 2 aromatic carbocycles. The molecule has 1 aliphatic heterocycles. The van der Waals surface area contributed by atoms with Crippen LogP contribution in [0.3, 0.4) is 0 Å². The van der Waals surface area contributed by atoms with E-state index in [4.69, 9.17) is 14.2 Å². The lowest BCUT2D eigenvalue weighted by atomic mass is 10.1. The zero-order chi connectivity index (χ0) is 26.0. The Hall–Kier alpha value is -4.07. The van der Waals surface area contributed by atoms with Gasteiger partial charge in [0.1, 0.15) is 11.0 Å². The molecule has 10 heteroatoms. The molecule has 3 aromatic rings. The number of sulfone groups is 1. The summed E-state index contributed by atoms with van der Waals surface area (Å²) in [5.74, 6) is 1.14. The second-order valence-corrected chi connectivity index (χ2v) is 10.2. The number of hydrogen-bond donors (Lipinski definition) is 1. The van der Waals surface area contributed by atoms with Crippen LogP contribution < -0.4 is 19.5 Å². The summed E-state index contributed by atoms with van der Waals surface area (Å²) in [6.07, 6.45) is 2.89. The fourth-order valence-electron chi connectivity index (χ4n) is 4.08. The molecule has 36 heavy (non-hydrogen) atoms. The molecule has 0 saturated carbocycles. The van der Waals surface area contributed by atoms with Crippen LogP contribution in [0.15, 0.2) is 47.5 Å². The molecule has 0 radical (unpaired) electrons. The zero-order valence-corrected chi connectivity index (χ0v) is 21.4. The third-order valence-electron chi connectivity index (χ3n) is 5.68. The van der Waals surface area contributed by atoms with E-state index >= 15 is 0 Å². The Morgan fingerprint density at radius 3 is 2.19 bits per heavy atom. The number of aromatic nitrogens is 1. The van der Waals surface area contributed by atoms with Gasteiger partial charge in [-0.05, 0) is 31.3 Å². The van der Waals surface area contributed by atoms with Crippen molar-refractivity contribution in [3.63, 3.8) is 0 Å². The average molecular weight is 507 g/mol. The first kappa shape index (κ1) is 25.0. The van der Waals surface area contributed by atoms with Gasteiger partial charge in [-0.2, -0.15) is 5.26 Å². The number of rotatable bonds is 8. The largest absolute Gasteiger partial charge is 0.493 e. The maximum atomic E-state index is 13.7. The van der Waals surface area contributed by atoms with Gasteiger partial charge in [0.05, 0.1) is 43.2 Å². The van der Waals surface area contributed by atoms with Gasteiger partial charge in [-0.3, -0.25) is 4.98 Å². The molecule has 4 rings (SSSR count). The molecule has 2 heterocycles. The number of hydrogen-bond acceptors (Lipinski definition) is 9. The SMILES string of the molecule is COc1cc(Nc2c(C#N)cnc3c2S(=O)(=O)C(c2ccc(CN(C)C)cc2)=C3)cc(OC)c1OC. The third-order valence-corrected chi connectivity index (χ3v) is 7.56. The highest BCUT2D eigenvalue weighted by molar-refractivity contribution is 8.01. The fourth-order valence-corrected chi connectivity index (χ4v) is 5.83. The summed E-state index contributed by atoms with van der Waals surface area (Å²) in [6.45, 7) is 0.738. The minimum Gasteiger partial charge on any atom is -0.493 e. The van der Waals surface area contributed by atoms with Crippen molar-refractivity contribution in [1.29, 1.82) is 5.26 Å². The van der Waals surface area contributed by atoms with E-state index in [1.54, 1.807) is 24.3 Å². The number of pyridine rings is 1. The van der Waals surface area contributed by atoms with E-state index in [0.717, 1.165) is 12.1 Å². The maximum Gasteiger partial charge on any atom is 0.211 e. The average Bonchev–Trinajstić information content (AvgIpc) is 3.14. The topological polar surface area (TPSA) is 114 Å². The van der Waals surface area contributed by atoms with Crippen LogP contribution in [0, 0.1) is 11.3 Å². The Morgan fingerprint density at radius 2 is 1.67 bits per heavy atom. The van der Waals surface area contributed by atoms with Crippen molar-refractivity contribution >= 4 is 32.2 Å². The lowest BCUT2D eigenvalue weighted by Gasteiger charge is -2.17. The van der Waals surface area contributed by atoms with Crippen molar-refractivity contribution in [3.8, 4) is 23.3 Å². The van der Waals surface area contributed by atoms with Gasteiger partial charge in [-0.15, -0.1) is 0 Å². The van der Waals surface area contributed by atoms with E-state index in [-0.39, 0.29) is 26.7 Å². The van der Waals surface area contributed by atoms with Crippen LogP contribution in [-0.2, 0) is 16.4 Å². The molecule has 0 amide bonds. The molecular formula is C26H26N4O5S. The van der Waals surface area contributed by atoms with Gasteiger partial charge in [-0.1, -0.05) is 24.3 Å². The van der Waals surface area contributed by atoms with E-state index < -0.39 is 9.84 Å². The van der Waals surface area contributed by atoms with Crippen molar-refractivity contribution in [1.82, 2.24) is 9.88 Å². The zero-order valence-electron chi connectivity index (χ0n) is 20.6. The van der Waals surface area contributed by atoms with Gasteiger partial charge in [0.15, 0.2) is 11.5 Å². The Kier molecular flexibility index (Phi) is 6.88. The van der Waals surface area contributed by atoms with Crippen molar-refractivity contribution in [2.75, 3.05) is 40.7 Å². The molecule has 1 aliphatic rings. The van der Waals surface area contributed by atoms with Crippen molar-refractivity contribution in [3.05, 3.63) is 65.0 Å². The van der Waals surface area contributed by atoms with Gasteiger partial charge in [0, 0.05) is 30.6 Å². The standard InChI is InChI=1S/C26H26N4O5S/c1-30(2)15-16-6-8-17(9-7-16)23-12-20-26(36(23,31)32)24(18(13-27)14-28-20)29-19-10-21(33-3)25(35-5)22(11-19)34-4/h6-12,14H,15H2,1-5H3,(H,28,29). The Morgan fingerprint density at radius 1 is 1.03 bits per heavy atom. The van der Waals surface area contributed by atoms with E-state index in [2.05, 4.69) is 10.3 Å². The van der Waals surface area contributed by atoms with Gasteiger partial charge in [0.25, 0.3) is 0 Å². The molecule has 0 fully saturated rings. The summed E-state index contributed by atoms with van der Waals surface area (Å²) < 4.78 is 43.6. The van der Waals surface area contributed by atoms with Crippen molar-refractivity contribution in [2.45, 2.75) is 11.4 Å². The quantitative estimate of drug-likeness (QED) is 0.483. The minimum atomic E-state index is -3.98. The van der Waals surface area contributed by atoms with Gasteiger partial charge >= 0.3 is 0 Å². The molecule has 0 spiro atoms. The van der Waals surface area contributed by atoms with Crippen LogP contribution in [0.4, 0.5) is 11.4 Å². The molecule has 1 N–H and O–H groups in total. The van der Waals surface area contributed by atoms with Crippen LogP contribution >= 0.6 is 0 Å². The third kappa shape index (κ3) is 4.46. The van der Waals surface area contributed by atoms with Crippen molar-refractivity contribution in [2.24, 2.45) is 0 Å². The van der Waals surface area contributed by atoms with Gasteiger partial charge < -0.3 is 24.4 Å². The highest BCUT2D eigenvalue weighted by Gasteiger charge is 2.36. The first-order valence-electron chi connectivity index (χ1n) is 10.9. The molecule has 0 saturated heterocycles. The van der Waals surface area contributed by atoms with Gasteiger partial charge in [0.2, 0.25) is 15.6 Å². The van der Waals surface area contributed by atoms with Crippen LogP contribution in [0.5, 0.6) is 17.2 Å². The number of methoxy groups -OCH3 is 3. The second kappa shape index (κ2) is 9.89. The summed E-state index contributed by atoms with van der Waals surface area (Å²) in [7, 11) is 4.41. The molecular weight excluding hydrogens is 480 g/mol. The number of anilines is 2. The minimum absolute atomic E-state index is 0.0531. The summed E-state index contributed by atoms with van der Waals surface area (Å²) in [5.41, 5.74) is 2.54. The van der Waals surface area contributed by atoms with Crippen LogP contribution in [0.1, 0.15) is 22.4 Å². The number of nitrogens with one attached hydrogen (secondary N) is 1. The number of nitriles is 1. The van der Waals surface area contributed by atoms with Crippen LogP contribution in [0.25, 0.3) is 11.0 Å². The Balaban J connectivity index is 1.79. The summed E-state index contributed by atoms with van der Waals surface area (Å²) in [4.78, 5) is 6.37. The molecule has 0 aliphatic carbocycles. The Labute approximate surface area is 210 Å². The molecule has 0 bridgehead atoms. The number of nitrogens with zero attached hydrogens (tertiary/aromatic N) is 3. The summed E-state index contributed by atoms with van der Waals surface area (Å²) in [6, 6.07) is 12.7. The fraction of sp³-hybridized carbons (Fsp3) is 0.231. The van der Waals surface area contributed by atoms with E-state index in [1.807, 2.05) is 37.2 Å².